The molecule has 0 heterocycles. The number of rotatable bonds is 6. The minimum Gasteiger partial charge on any atom is -0.497 e. The maximum atomic E-state index is 12.1. The first-order valence-corrected chi connectivity index (χ1v) is 8.61. The third kappa shape index (κ3) is 7.67. The van der Waals surface area contributed by atoms with E-state index < -0.39 is 0 Å². The predicted molar refractivity (Wildman–Crippen MR) is 102 cm³/mol. The lowest BCUT2D eigenvalue weighted by molar-refractivity contribution is -0.116. The van der Waals surface area contributed by atoms with E-state index in [1.54, 1.807) is 13.2 Å². The van der Waals surface area contributed by atoms with Crippen LogP contribution in [0.2, 0.25) is 0 Å². The van der Waals surface area contributed by atoms with Crippen LogP contribution < -0.4 is 10.1 Å². The normalized spacial score (nSPS) is 13.8. The van der Waals surface area contributed by atoms with Crippen LogP contribution in [0, 0.1) is 16.7 Å². The molecule has 0 fully saturated rings. The molecular formula is C21H33NO2. The Morgan fingerprint density at radius 2 is 1.71 bits per heavy atom. The van der Waals surface area contributed by atoms with Crippen molar-refractivity contribution in [3.05, 3.63) is 35.9 Å². The molecular weight excluding hydrogens is 298 g/mol. The monoisotopic (exact) mass is 331 g/mol. The number of carbonyl (C=O) groups excluding carboxylic acids is 1. The van der Waals surface area contributed by atoms with Crippen LogP contribution in [0.4, 0.5) is 0 Å². The number of amides is 1. The Bertz CT molecular complexity index is 545. The van der Waals surface area contributed by atoms with Crippen LogP contribution in [0.3, 0.4) is 0 Å². The van der Waals surface area contributed by atoms with Crippen LogP contribution in [0.1, 0.15) is 53.5 Å². The minimum atomic E-state index is -0.0472. The first-order valence-electron chi connectivity index (χ1n) is 8.61. The summed E-state index contributed by atoms with van der Waals surface area (Å²) < 4.78 is 5.13. The lowest BCUT2D eigenvalue weighted by Crippen LogP contribution is -2.36. The molecule has 0 saturated carbocycles. The van der Waals surface area contributed by atoms with E-state index in [2.05, 4.69) is 46.9 Å². The number of benzene rings is 1. The van der Waals surface area contributed by atoms with Gasteiger partial charge in [0, 0.05) is 12.6 Å². The van der Waals surface area contributed by atoms with Crippen molar-refractivity contribution in [3.63, 3.8) is 0 Å². The fourth-order valence-corrected chi connectivity index (χ4v) is 2.59. The molecule has 1 N–H and O–H groups in total. The van der Waals surface area contributed by atoms with E-state index >= 15 is 0 Å². The zero-order valence-corrected chi connectivity index (χ0v) is 16.3. The molecule has 1 unspecified atom stereocenters. The van der Waals surface area contributed by atoms with E-state index in [9.17, 15) is 4.79 Å². The molecule has 134 valence electrons. The quantitative estimate of drug-likeness (QED) is 0.751. The van der Waals surface area contributed by atoms with Gasteiger partial charge in [0.25, 0.3) is 0 Å². The molecule has 24 heavy (non-hydrogen) atoms. The molecule has 0 bridgehead atoms. The number of ether oxygens (including phenoxy) is 1. The molecule has 0 radical (unpaired) electrons. The van der Waals surface area contributed by atoms with Crippen molar-refractivity contribution in [2.75, 3.05) is 13.7 Å². The zero-order valence-electron chi connectivity index (χ0n) is 16.3. The molecule has 0 spiro atoms. The minimum absolute atomic E-state index is 0.0472. The van der Waals surface area contributed by atoms with Crippen molar-refractivity contribution in [1.82, 2.24) is 5.32 Å². The van der Waals surface area contributed by atoms with Gasteiger partial charge in [-0.1, -0.05) is 53.7 Å². The lowest BCUT2D eigenvalue weighted by Gasteiger charge is -2.35. The van der Waals surface area contributed by atoms with Gasteiger partial charge in [-0.25, -0.2) is 0 Å². The van der Waals surface area contributed by atoms with Crippen LogP contribution in [0.5, 0.6) is 5.75 Å². The molecule has 1 aromatic rings. The predicted octanol–water partition coefficient (Wildman–Crippen LogP) is 4.92. The standard InChI is InChI=1S/C21H33NO2/c1-20(2,3)14-17(21(4,5)6)15-22-19(23)13-10-16-8-11-18(24-7)12-9-16/h8-13,17H,14-15H2,1-7H3,(H,22,23)/b13-10+. The smallest absolute Gasteiger partial charge is 0.244 e. The van der Waals surface area contributed by atoms with Crippen LogP contribution in [0.25, 0.3) is 6.08 Å². The molecule has 1 aromatic carbocycles. The summed E-state index contributed by atoms with van der Waals surface area (Å²) in [6.07, 6.45) is 4.50. The van der Waals surface area contributed by atoms with Gasteiger partial charge in [-0.2, -0.15) is 0 Å². The highest BCUT2D eigenvalue weighted by atomic mass is 16.5. The van der Waals surface area contributed by atoms with E-state index in [1.165, 1.54) is 0 Å². The first-order chi connectivity index (χ1) is 11.0. The van der Waals surface area contributed by atoms with Gasteiger partial charge in [0.05, 0.1) is 7.11 Å². The van der Waals surface area contributed by atoms with Crippen molar-refractivity contribution >= 4 is 12.0 Å². The summed E-state index contributed by atoms with van der Waals surface area (Å²) in [5.74, 6) is 1.21. The van der Waals surface area contributed by atoms with Gasteiger partial charge in [0.2, 0.25) is 5.91 Å². The maximum Gasteiger partial charge on any atom is 0.244 e. The van der Waals surface area contributed by atoms with Gasteiger partial charge >= 0.3 is 0 Å². The SMILES string of the molecule is COc1ccc(/C=C/C(=O)NCC(CC(C)(C)C)C(C)(C)C)cc1. The van der Waals surface area contributed by atoms with Gasteiger partial charge in [-0.15, -0.1) is 0 Å². The topological polar surface area (TPSA) is 38.3 Å². The van der Waals surface area contributed by atoms with Crippen molar-refractivity contribution in [2.24, 2.45) is 16.7 Å². The van der Waals surface area contributed by atoms with Crippen LogP contribution in [0.15, 0.2) is 30.3 Å². The van der Waals surface area contributed by atoms with Gasteiger partial charge in [0.1, 0.15) is 5.75 Å². The highest BCUT2D eigenvalue weighted by molar-refractivity contribution is 5.91. The van der Waals surface area contributed by atoms with Crippen molar-refractivity contribution < 1.29 is 9.53 Å². The van der Waals surface area contributed by atoms with Crippen molar-refractivity contribution in [2.45, 2.75) is 48.0 Å². The van der Waals surface area contributed by atoms with Gasteiger partial charge in [-0.3, -0.25) is 4.79 Å². The molecule has 0 aliphatic rings. The number of nitrogens with one attached hydrogen (secondary N) is 1. The van der Waals surface area contributed by atoms with Crippen molar-refractivity contribution in [1.29, 1.82) is 0 Å². The average Bonchev–Trinajstić information content (AvgIpc) is 2.47. The third-order valence-corrected chi connectivity index (χ3v) is 4.15. The van der Waals surface area contributed by atoms with E-state index in [1.807, 2.05) is 30.3 Å². The maximum absolute atomic E-state index is 12.1. The van der Waals surface area contributed by atoms with E-state index in [0.717, 1.165) is 17.7 Å². The summed E-state index contributed by atoms with van der Waals surface area (Å²) in [6, 6.07) is 7.63. The molecule has 3 heteroatoms. The number of methoxy groups -OCH3 is 1. The van der Waals surface area contributed by atoms with Gasteiger partial charge < -0.3 is 10.1 Å². The summed E-state index contributed by atoms with van der Waals surface area (Å²) in [6.45, 7) is 14.2. The Balaban J connectivity index is 2.60. The molecule has 0 aromatic heterocycles. The lowest BCUT2D eigenvalue weighted by atomic mass is 9.72. The molecule has 0 aliphatic heterocycles. The fourth-order valence-electron chi connectivity index (χ4n) is 2.59. The highest BCUT2D eigenvalue weighted by Gasteiger charge is 2.29. The van der Waals surface area contributed by atoms with Gasteiger partial charge in [-0.05, 0) is 46.9 Å². The summed E-state index contributed by atoms with van der Waals surface area (Å²) in [5, 5.41) is 3.05. The van der Waals surface area contributed by atoms with Crippen LogP contribution in [-0.4, -0.2) is 19.6 Å². The average molecular weight is 332 g/mol. The molecule has 3 nitrogen and oxygen atoms in total. The number of carbonyl (C=O) groups is 1. The summed E-state index contributed by atoms with van der Waals surface area (Å²) >= 11 is 0. The molecule has 0 aliphatic carbocycles. The number of hydrogen-bond donors (Lipinski definition) is 1. The number of hydrogen-bond acceptors (Lipinski definition) is 2. The largest absolute Gasteiger partial charge is 0.497 e. The van der Waals surface area contributed by atoms with Gasteiger partial charge in [0.15, 0.2) is 0 Å². The third-order valence-electron chi connectivity index (χ3n) is 4.15. The zero-order chi connectivity index (χ0) is 18.4. The Morgan fingerprint density at radius 1 is 1.12 bits per heavy atom. The van der Waals surface area contributed by atoms with E-state index in [4.69, 9.17) is 4.74 Å². The molecule has 0 saturated heterocycles. The second kappa shape index (κ2) is 8.36. The van der Waals surface area contributed by atoms with Crippen LogP contribution in [-0.2, 0) is 4.79 Å². The summed E-state index contributed by atoms with van der Waals surface area (Å²) in [7, 11) is 1.64. The second-order valence-corrected chi connectivity index (χ2v) is 8.68. The first kappa shape index (κ1) is 20.3. The highest BCUT2D eigenvalue weighted by Crippen LogP contribution is 2.35. The second-order valence-electron chi connectivity index (χ2n) is 8.68. The Hall–Kier alpha value is -1.77. The Labute approximate surface area is 147 Å². The Morgan fingerprint density at radius 3 is 2.17 bits per heavy atom. The molecule has 1 rings (SSSR count). The molecule has 1 atom stereocenters. The Kier molecular flexibility index (Phi) is 7.07. The molecule has 1 amide bonds. The summed E-state index contributed by atoms with van der Waals surface area (Å²) in [5.41, 5.74) is 1.40. The fraction of sp³-hybridized carbons (Fsp3) is 0.571. The van der Waals surface area contributed by atoms with E-state index in [-0.39, 0.29) is 16.7 Å². The summed E-state index contributed by atoms with van der Waals surface area (Å²) in [4.78, 5) is 12.1. The van der Waals surface area contributed by atoms with Crippen LogP contribution >= 0.6 is 0 Å². The van der Waals surface area contributed by atoms with Crippen molar-refractivity contribution in [3.8, 4) is 5.75 Å². The van der Waals surface area contributed by atoms with E-state index in [0.29, 0.717) is 12.5 Å².